The lowest BCUT2D eigenvalue weighted by Crippen LogP contribution is -2.30. The van der Waals surface area contributed by atoms with Crippen LogP contribution in [0.2, 0.25) is 0 Å². The van der Waals surface area contributed by atoms with E-state index in [9.17, 15) is 26.4 Å². The van der Waals surface area contributed by atoms with E-state index < -0.39 is 33.7 Å². The third kappa shape index (κ3) is 4.88. The highest BCUT2D eigenvalue weighted by atomic mass is 32.2. The lowest BCUT2D eigenvalue weighted by molar-refractivity contribution is -0.181. The van der Waals surface area contributed by atoms with Gasteiger partial charge in [0.2, 0.25) is 0 Å². The predicted molar refractivity (Wildman–Crippen MR) is 62.3 cm³/mol. The normalized spacial score (nSPS) is 12.2. The topological polar surface area (TPSA) is 102 Å². The van der Waals surface area contributed by atoms with Crippen molar-refractivity contribution in [3.8, 4) is 5.75 Å². The molecule has 2 N–H and O–H groups in total. The van der Waals surface area contributed by atoms with E-state index in [2.05, 4.69) is 4.84 Å². The minimum absolute atomic E-state index is 0.247. The summed E-state index contributed by atoms with van der Waals surface area (Å²) in [5.74, 6) is -1.66. The van der Waals surface area contributed by atoms with Crippen LogP contribution in [-0.2, 0) is 14.9 Å². The van der Waals surface area contributed by atoms with E-state index in [1.807, 2.05) is 0 Å². The molecule has 0 spiro atoms. The molecule has 0 atom stereocenters. The van der Waals surface area contributed by atoms with E-state index in [1.165, 1.54) is 4.89 Å². The number of hydrogen-bond acceptors (Lipinski definition) is 5. The van der Waals surface area contributed by atoms with Crippen molar-refractivity contribution in [3.63, 3.8) is 0 Å². The van der Waals surface area contributed by atoms with Gasteiger partial charge in [-0.3, -0.25) is 4.84 Å². The highest BCUT2D eigenvalue weighted by molar-refractivity contribution is 7.89. The molecule has 1 aromatic carbocycles. The molecule has 1 rings (SSSR count). The van der Waals surface area contributed by atoms with Gasteiger partial charge in [0.05, 0.1) is 12.7 Å². The number of alkyl halides is 3. The molecule has 0 bridgehead atoms. The summed E-state index contributed by atoms with van der Waals surface area (Å²) in [6.45, 7) is -1.84. The first-order valence-corrected chi connectivity index (χ1v) is 6.67. The van der Waals surface area contributed by atoms with Crippen LogP contribution >= 0.6 is 0 Å². The molecule has 0 heterocycles. The molecule has 0 aliphatic carbocycles. The number of aromatic carboxylic acids is 1. The molecule has 21 heavy (non-hydrogen) atoms. The number of carboxylic acid groups (broad SMARTS) is 1. The lowest BCUT2D eigenvalue weighted by atomic mass is 10.2. The van der Waals surface area contributed by atoms with Crippen LogP contribution in [0.5, 0.6) is 5.75 Å². The molecule has 0 aromatic heterocycles. The average Bonchev–Trinajstić information content (AvgIpc) is 2.36. The van der Waals surface area contributed by atoms with Gasteiger partial charge in [-0.25, -0.2) is 13.2 Å². The SMILES string of the molecule is COc1ccc(C(=O)O)cc1S(=O)(=O)NOCC(F)(F)F. The van der Waals surface area contributed by atoms with E-state index in [-0.39, 0.29) is 11.3 Å². The first-order chi connectivity index (χ1) is 9.57. The van der Waals surface area contributed by atoms with Gasteiger partial charge in [0.1, 0.15) is 10.6 Å². The van der Waals surface area contributed by atoms with Gasteiger partial charge < -0.3 is 9.84 Å². The van der Waals surface area contributed by atoms with Crippen LogP contribution in [0.4, 0.5) is 13.2 Å². The van der Waals surface area contributed by atoms with Crippen LogP contribution < -0.4 is 9.62 Å². The van der Waals surface area contributed by atoms with Gasteiger partial charge >= 0.3 is 12.1 Å². The maximum Gasteiger partial charge on any atom is 0.413 e. The predicted octanol–water partition coefficient (Wildman–Crippen LogP) is 1.17. The second kappa shape index (κ2) is 6.28. The van der Waals surface area contributed by atoms with Crippen molar-refractivity contribution in [2.24, 2.45) is 0 Å². The number of carboxylic acids is 1. The number of sulfonamides is 1. The number of carbonyl (C=O) groups is 1. The van der Waals surface area contributed by atoms with E-state index >= 15 is 0 Å². The van der Waals surface area contributed by atoms with E-state index in [0.717, 1.165) is 25.3 Å². The van der Waals surface area contributed by atoms with E-state index in [1.54, 1.807) is 0 Å². The Labute approximate surface area is 117 Å². The molecule has 0 saturated heterocycles. The fraction of sp³-hybridized carbons (Fsp3) is 0.300. The summed E-state index contributed by atoms with van der Waals surface area (Å²) >= 11 is 0. The molecular formula is C10H10F3NO6S. The Hall–Kier alpha value is -1.85. The Morgan fingerprint density at radius 1 is 1.38 bits per heavy atom. The van der Waals surface area contributed by atoms with Gasteiger partial charge in [-0.1, -0.05) is 4.89 Å². The van der Waals surface area contributed by atoms with Gasteiger partial charge in [-0.15, -0.1) is 0 Å². The van der Waals surface area contributed by atoms with Gasteiger partial charge in [0.15, 0.2) is 6.61 Å². The van der Waals surface area contributed by atoms with Gasteiger partial charge in [-0.05, 0) is 18.2 Å². The minimum Gasteiger partial charge on any atom is -0.495 e. The Balaban J connectivity index is 3.06. The Bertz CT molecular complexity index is 628. The third-order valence-corrected chi connectivity index (χ3v) is 3.34. The molecule has 0 amide bonds. The second-order valence-corrected chi connectivity index (χ2v) is 5.27. The number of nitrogens with one attached hydrogen (secondary N) is 1. The van der Waals surface area contributed by atoms with Crippen LogP contribution in [0.1, 0.15) is 10.4 Å². The molecule has 0 aliphatic rings. The first kappa shape index (κ1) is 17.2. The van der Waals surface area contributed by atoms with Crippen LogP contribution in [-0.4, -0.2) is 39.4 Å². The van der Waals surface area contributed by atoms with Crippen molar-refractivity contribution in [2.45, 2.75) is 11.1 Å². The van der Waals surface area contributed by atoms with Gasteiger partial charge in [0.25, 0.3) is 10.0 Å². The fourth-order valence-corrected chi connectivity index (χ4v) is 2.26. The van der Waals surface area contributed by atoms with Crippen molar-refractivity contribution >= 4 is 16.0 Å². The van der Waals surface area contributed by atoms with Crippen LogP contribution in [0, 0.1) is 0 Å². The smallest absolute Gasteiger partial charge is 0.413 e. The number of halogens is 3. The maximum atomic E-state index is 11.9. The molecule has 7 nitrogen and oxygen atoms in total. The monoisotopic (exact) mass is 329 g/mol. The van der Waals surface area contributed by atoms with Crippen molar-refractivity contribution in [1.82, 2.24) is 4.89 Å². The molecular weight excluding hydrogens is 319 g/mol. The zero-order chi connectivity index (χ0) is 16.3. The quantitative estimate of drug-likeness (QED) is 0.760. The van der Waals surface area contributed by atoms with Crippen molar-refractivity contribution in [3.05, 3.63) is 23.8 Å². The fourth-order valence-electron chi connectivity index (χ4n) is 1.25. The number of hydrogen-bond donors (Lipinski definition) is 2. The third-order valence-electron chi connectivity index (χ3n) is 2.10. The Morgan fingerprint density at radius 2 is 2.00 bits per heavy atom. The number of benzene rings is 1. The molecule has 0 aliphatic heterocycles. The minimum atomic E-state index is -4.73. The zero-order valence-electron chi connectivity index (χ0n) is 10.5. The second-order valence-electron chi connectivity index (χ2n) is 3.66. The first-order valence-electron chi connectivity index (χ1n) is 5.18. The summed E-state index contributed by atoms with van der Waals surface area (Å²) in [5.41, 5.74) is -0.382. The summed E-state index contributed by atoms with van der Waals surface area (Å²) in [6.07, 6.45) is -4.73. The number of rotatable bonds is 6. The molecule has 0 fully saturated rings. The van der Waals surface area contributed by atoms with E-state index in [4.69, 9.17) is 9.84 Å². The summed E-state index contributed by atoms with van der Waals surface area (Å²) in [7, 11) is -3.43. The highest BCUT2D eigenvalue weighted by Crippen LogP contribution is 2.25. The number of methoxy groups -OCH3 is 1. The Kier molecular flexibility index (Phi) is 5.15. The average molecular weight is 329 g/mol. The van der Waals surface area contributed by atoms with Crippen molar-refractivity contribution in [2.75, 3.05) is 13.7 Å². The van der Waals surface area contributed by atoms with Crippen molar-refractivity contribution < 1.29 is 41.1 Å². The summed E-state index contributed by atoms with van der Waals surface area (Å²) < 4.78 is 64.0. The molecule has 11 heteroatoms. The van der Waals surface area contributed by atoms with Gasteiger partial charge in [0, 0.05) is 0 Å². The maximum absolute atomic E-state index is 11.9. The summed E-state index contributed by atoms with van der Waals surface area (Å²) in [4.78, 5) is 15.2. The largest absolute Gasteiger partial charge is 0.495 e. The molecule has 0 saturated carbocycles. The van der Waals surface area contributed by atoms with Crippen molar-refractivity contribution in [1.29, 1.82) is 0 Å². The lowest BCUT2D eigenvalue weighted by Gasteiger charge is -2.12. The van der Waals surface area contributed by atoms with Crippen LogP contribution in [0.15, 0.2) is 23.1 Å². The molecule has 1 aromatic rings. The van der Waals surface area contributed by atoms with Gasteiger partial charge in [-0.2, -0.15) is 13.2 Å². The summed E-state index contributed by atoms with van der Waals surface area (Å²) in [5, 5.41) is 8.79. The number of ether oxygens (including phenoxy) is 1. The molecule has 0 unspecified atom stereocenters. The highest BCUT2D eigenvalue weighted by Gasteiger charge is 2.30. The molecule has 118 valence electrons. The Morgan fingerprint density at radius 3 is 2.48 bits per heavy atom. The zero-order valence-corrected chi connectivity index (χ0v) is 11.3. The standard InChI is InChI=1S/C10H10F3NO6S/c1-19-7-3-2-6(9(15)16)4-8(7)21(17,18)14-20-5-10(11,12)13/h2-4,14H,5H2,1H3,(H,15,16). The van der Waals surface area contributed by atoms with Crippen LogP contribution in [0.3, 0.4) is 0 Å². The van der Waals surface area contributed by atoms with Crippen LogP contribution in [0.25, 0.3) is 0 Å². The summed E-state index contributed by atoms with van der Waals surface area (Å²) in [6, 6.07) is 2.87. The molecule has 0 radical (unpaired) electrons. The van der Waals surface area contributed by atoms with E-state index in [0.29, 0.717) is 0 Å².